The molecule has 3 heterocycles. The minimum absolute atomic E-state index is 0.0596. The number of methoxy groups -OCH3 is 1. The van der Waals surface area contributed by atoms with E-state index in [1.54, 1.807) is 0 Å². The lowest BCUT2D eigenvalue weighted by atomic mass is 9.62. The van der Waals surface area contributed by atoms with Crippen molar-refractivity contribution in [3.63, 3.8) is 0 Å². The molecule has 1 N–H and O–H groups in total. The molecule has 2 saturated heterocycles. The molecule has 3 aliphatic heterocycles. The Labute approximate surface area is 142 Å². The van der Waals surface area contributed by atoms with Gasteiger partial charge in [-0.1, -0.05) is 29.8 Å². The van der Waals surface area contributed by atoms with Gasteiger partial charge in [-0.3, -0.25) is 4.90 Å². The number of fused-ring (bicyclic) bond motifs is 2. The summed E-state index contributed by atoms with van der Waals surface area (Å²) in [6, 6.07) is 9.03. The average Bonchev–Trinajstić information content (AvgIpc) is 3.17. The number of piperidine rings is 1. The third-order valence-corrected chi connectivity index (χ3v) is 6.60. The molecule has 4 heteroatoms. The number of ether oxygens (including phenoxy) is 1. The minimum atomic E-state index is -0.173. The third-order valence-electron chi connectivity index (χ3n) is 6.60. The second-order valence-electron chi connectivity index (χ2n) is 7.31. The number of para-hydroxylation sites is 1. The van der Waals surface area contributed by atoms with E-state index in [4.69, 9.17) is 4.74 Å². The molecule has 2 bridgehead atoms. The molecule has 124 valence electrons. The van der Waals surface area contributed by atoms with E-state index in [2.05, 4.69) is 47.5 Å². The highest BCUT2D eigenvalue weighted by molar-refractivity contribution is 5.94. The third kappa shape index (κ3) is 1.50. The van der Waals surface area contributed by atoms with Crippen LogP contribution in [0.25, 0.3) is 0 Å². The number of hydrogen-bond acceptors (Lipinski definition) is 4. The topological polar surface area (TPSA) is 41.6 Å². The van der Waals surface area contributed by atoms with Gasteiger partial charge >= 0.3 is 5.97 Å². The first-order valence-electron chi connectivity index (χ1n) is 8.79. The fourth-order valence-electron chi connectivity index (χ4n) is 5.61. The first-order valence-corrected chi connectivity index (χ1v) is 8.79. The first kappa shape index (κ1) is 14.3. The number of hydrogen-bond donors (Lipinski definition) is 1. The molecule has 1 aromatic carbocycles. The maximum absolute atomic E-state index is 12.7. The van der Waals surface area contributed by atoms with Gasteiger partial charge in [-0.05, 0) is 31.4 Å². The largest absolute Gasteiger partial charge is 0.466 e. The molecule has 0 aromatic heterocycles. The van der Waals surface area contributed by atoms with Gasteiger partial charge in [0.25, 0.3) is 0 Å². The van der Waals surface area contributed by atoms with Crippen LogP contribution >= 0.6 is 0 Å². The van der Waals surface area contributed by atoms with Crippen LogP contribution in [-0.2, 0) is 14.9 Å². The quantitative estimate of drug-likeness (QED) is 0.638. The molecular weight excluding hydrogens is 300 g/mol. The molecule has 3 atom stereocenters. The number of benzene rings is 1. The van der Waals surface area contributed by atoms with Gasteiger partial charge in [0.1, 0.15) is 0 Å². The Hall–Kier alpha value is -2.07. The van der Waals surface area contributed by atoms with Crippen molar-refractivity contribution in [3.8, 4) is 0 Å². The Balaban J connectivity index is 1.82. The molecule has 4 nitrogen and oxygen atoms in total. The number of anilines is 1. The zero-order valence-electron chi connectivity index (χ0n) is 14.1. The standard InChI is InChI=1S/C20H22N2O2/c1-3-12-11-22-9-8-20-14-6-4-5-7-15(14)21-18(20)17(19(23)24-2)13(12)10-16(20)22/h3-7,13,16,21H,8-11H2,1-2H3/t13-,16+,20-/m1/s1. The summed E-state index contributed by atoms with van der Waals surface area (Å²) in [4.78, 5) is 15.3. The van der Waals surface area contributed by atoms with Gasteiger partial charge in [0.05, 0.1) is 18.1 Å². The maximum atomic E-state index is 12.7. The molecule has 0 radical (unpaired) electrons. The Morgan fingerprint density at radius 2 is 2.25 bits per heavy atom. The molecule has 4 aliphatic rings. The molecule has 1 aliphatic carbocycles. The van der Waals surface area contributed by atoms with E-state index in [0.29, 0.717) is 6.04 Å². The van der Waals surface area contributed by atoms with E-state index in [9.17, 15) is 4.79 Å². The summed E-state index contributed by atoms with van der Waals surface area (Å²) < 4.78 is 5.21. The van der Waals surface area contributed by atoms with Crippen LogP contribution in [0.3, 0.4) is 0 Å². The zero-order chi connectivity index (χ0) is 16.5. The lowest BCUT2D eigenvalue weighted by molar-refractivity contribution is -0.137. The second kappa shape index (κ2) is 4.73. The van der Waals surface area contributed by atoms with E-state index in [1.807, 2.05) is 0 Å². The van der Waals surface area contributed by atoms with Crippen molar-refractivity contribution in [2.24, 2.45) is 5.92 Å². The van der Waals surface area contributed by atoms with E-state index in [-0.39, 0.29) is 17.3 Å². The van der Waals surface area contributed by atoms with Crippen molar-refractivity contribution < 1.29 is 9.53 Å². The van der Waals surface area contributed by atoms with Crippen molar-refractivity contribution in [3.05, 3.63) is 52.7 Å². The normalized spacial score (nSPS) is 34.8. The molecule has 2 fully saturated rings. The number of nitrogens with zero attached hydrogens (tertiary/aromatic N) is 1. The van der Waals surface area contributed by atoms with Gasteiger partial charge < -0.3 is 10.1 Å². The van der Waals surface area contributed by atoms with Crippen LogP contribution in [-0.4, -0.2) is 37.1 Å². The lowest BCUT2D eigenvalue weighted by Gasteiger charge is -2.48. The zero-order valence-corrected chi connectivity index (χ0v) is 14.1. The van der Waals surface area contributed by atoms with Gasteiger partial charge in [-0.25, -0.2) is 4.79 Å². The van der Waals surface area contributed by atoms with Crippen LogP contribution in [0, 0.1) is 5.92 Å². The fourth-order valence-corrected chi connectivity index (χ4v) is 5.61. The minimum Gasteiger partial charge on any atom is -0.466 e. The van der Waals surface area contributed by atoms with Gasteiger partial charge in [0.2, 0.25) is 0 Å². The Morgan fingerprint density at radius 3 is 3.04 bits per heavy atom. The molecule has 1 aromatic rings. The first-order chi connectivity index (χ1) is 11.7. The van der Waals surface area contributed by atoms with Crippen molar-refractivity contribution in [2.45, 2.75) is 31.2 Å². The van der Waals surface area contributed by atoms with E-state index >= 15 is 0 Å². The predicted molar refractivity (Wildman–Crippen MR) is 92.6 cm³/mol. The Kier molecular flexibility index (Phi) is 2.82. The van der Waals surface area contributed by atoms with E-state index in [0.717, 1.165) is 42.9 Å². The number of nitrogens with one attached hydrogen (secondary N) is 1. The Bertz CT molecular complexity index is 810. The highest BCUT2D eigenvalue weighted by Gasteiger charge is 2.62. The van der Waals surface area contributed by atoms with Crippen LogP contribution < -0.4 is 5.32 Å². The number of carbonyl (C=O) groups is 1. The van der Waals surface area contributed by atoms with Crippen molar-refractivity contribution in [1.82, 2.24) is 4.90 Å². The smallest absolute Gasteiger partial charge is 0.336 e. The van der Waals surface area contributed by atoms with Crippen LogP contribution in [0.2, 0.25) is 0 Å². The molecule has 0 amide bonds. The van der Waals surface area contributed by atoms with E-state index < -0.39 is 0 Å². The fraction of sp³-hybridized carbons (Fsp3) is 0.450. The van der Waals surface area contributed by atoms with Crippen LogP contribution in [0.5, 0.6) is 0 Å². The highest BCUT2D eigenvalue weighted by Crippen LogP contribution is 2.61. The van der Waals surface area contributed by atoms with Crippen LogP contribution in [0.4, 0.5) is 5.69 Å². The van der Waals surface area contributed by atoms with Crippen molar-refractivity contribution in [1.29, 1.82) is 0 Å². The summed E-state index contributed by atoms with van der Waals surface area (Å²) in [5.74, 6) is 0.0135. The number of rotatable bonds is 1. The lowest BCUT2D eigenvalue weighted by Crippen LogP contribution is -2.53. The molecule has 0 unspecified atom stereocenters. The number of carbonyl (C=O) groups excluding carboxylic acids is 1. The maximum Gasteiger partial charge on any atom is 0.336 e. The van der Waals surface area contributed by atoms with E-state index in [1.165, 1.54) is 18.2 Å². The van der Waals surface area contributed by atoms with Crippen LogP contribution in [0.15, 0.2) is 47.2 Å². The number of allylic oxidation sites excluding steroid dienone is 1. The summed E-state index contributed by atoms with van der Waals surface area (Å²) in [7, 11) is 1.50. The molecule has 0 saturated carbocycles. The van der Waals surface area contributed by atoms with Gasteiger partial charge in [-0.15, -0.1) is 0 Å². The SMILES string of the molecule is CC=C1CN2CC[C@]34C(=C(C(=O)OC)[C@@H]1C[C@H]23)Nc1ccccc14. The summed E-state index contributed by atoms with van der Waals surface area (Å²) in [6.07, 6.45) is 4.28. The van der Waals surface area contributed by atoms with Crippen molar-refractivity contribution in [2.75, 3.05) is 25.5 Å². The molecule has 24 heavy (non-hydrogen) atoms. The van der Waals surface area contributed by atoms with Crippen molar-refractivity contribution >= 4 is 11.7 Å². The molecular formula is C20H22N2O2. The molecule has 5 rings (SSSR count). The van der Waals surface area contributed by atoms with Gasteiger partial charge in [0, 0.05) is 36.4 Å². The summed E-state index contributed by atoms with van der Waals surface area (Å²) >= 11 is 0. The average molecular weight is 322 g/mol. The van der Waals surface area contributed by atoms with Gasteiger partial charge in [-0.2, -0.15) is 0 Å². The summed E-state index contributed by atoms with van der Waals surface area (Å²) in [6.45, 7) is 4.15. The predicted octanol–water partition coefficient (Wildman–Crippen LogP) is 2.83. The Morgan fingerprint density at radius 1 is 1.42 bits per heavy atom. The monoisotopic (exact) mass is 322 g/mol. The summed E-state index contributed by atoms with van der Waals surface area (Å²) in [5.41, 5.74) is 5.78. The second-order valence-corrected chi connectivity index (χ2v) is 7.31. The highest BCUT2D eigenvalue weighted by atomic mass is 16.5. The number of esters is 1. The van der Waals surface area contributed by atoms with Gasteiger partial charge in [0.15, 0.2) is 0 Å². The van der Waals surface area contributed by atoms with Crippen LogP contribution in [0.1, 0.15) is 25.3 Å². The molecule has 1 spiro atoms. The summed E-state index contributed by atoms with van der Waals surface area (Å²) in [5, 5.41) is 3.62.